The van der Waals surface area contributed by atoms with Crippen LogP contribution in [0.25, 0.3) is 5.69 Å². The van der Waals surface area contributed by atoms with Crippen molar-refractivity contribution in [2.24, 2.45) is 0 Å². The number of hydrogen-bond acceptors (Lipinski definition) is 4. The van der Waals surface area contributed by atoms with Crippen molar-refractivity contribution in [3.63, 3.8) is 0 Å². The van der Waals surface area contributed by atoms with Crippen molar-refractivity contribution in [1.82, 2.24) is 9.78 Å². The van der Waals surface area contributed by atoms with Gasteiger partial charge in [0.1, 0.15) is 16.5 Å². The van der Waals surface area contributed by atoms with Crippen LogP contribution in [0.1, 0.15) is 16.1 Å². The monoisotopic (exact) mass is 403 g/mol. The smallest absolute Gasteiger partial charge is 0.263 e. The molecule has 6 nitrogen and oxygen atoms in total. The summed E-state index contributed by atoms with van der Waals surface area (Å²) in [6.07, 6.45) is 0. The van der Waals surface area contributed by atoms with E-state index in [1.807, 2.05) is 0 Å². The molecule has 0 saturated carbocycles. The molecule has 0 aliphatic heterocycles. The Hall–Kier alpha value is -3.06. The SMILES string of the molecule is COc1ccc(N(C)C(=O)c2c(C)nn(-c3ccc(F)cc3)c2Cl)cc1OC. The summed E-state index contributed by atoms with van der Waals surface area (Å²) in [6.45, 7) is 1.70. The van der Waals surface area contributed by atoms with Gasteiger partial charge in [0, 0.05) is 18.8 Å². The summed E-state index contributed by atoms with van der Waals surface area (Å²) in [5.74, 6) is 0.367. The summed E-state index contributed by atoms with van der Waals surface area (Å²) >= 11 is 6.45. The third-order valence-electron chi connectivity index (χ3n) is 4.35. The Balaban J connectivity index is 1.97. The Kier molecular flexibility index (Phi) is 5.56. The fourth-order valence-corrected chi connectivity index (χ4v) is 3.17. The zero-order chi connectivity index (χ0) is 20.4. The van der Waals surface area contributed by atoms with Crippen LogP contribution in [-0.2, 0) is 0 Å². The second kappa shape index (κ2) is 7.90. The van der Waals surface area contributed by atoms with E-state index in [0.717, 1.165) is 0 Å². The van der Waals surface area contributed by atoms with E-state index in [9.17, 15) is 9.18 Å². The lowest BCUT2D eigenvalue weighted by molar-refractivity contribution is 0.0992. The molecule has 1 heterocycles. The highest BCUT2D eigenvalue weighted by Gasteiger charge is 2.25. The second-order valence-electron chi connectivity index (χ2n) is 6.04. The first-order valence-electron chi connectivity index (χ1n) is 8.38. The Morgan fingerprint density at radius 2 is 1.75 bits per heavy atom. The predicted molar refractivity (Wildman–Crippen MR) is 106 cm³/mol. The minimum Gasteiger partial charge on any atom is -0.493 e. The molecule has 0 N–H and O–H groups in total. The molecule has 2 aromatic carbocycles. The van der Waals surface area contributed by atoms with Crippen molar-refractivity contribution in [3.05, 3.63) is 64.7 Å². The van der Waals surface area contributed by atoms with Crippen molar-refractivity contribution in [2.75, 3.05) is 26.2 Å². The Bertz CT molecular complexity index is 1020. The number of rotatable bonds is 5. The van der Waals surface area contributed by atoms with Crippen molar-refractivity contribution >= 4 is 23.2 Å². The fourth-order valence-electron chi connectivity index (χ4n) is 2.81. The molecule has 0 bridgehead atoms. The van der Waals surface area contributed by atoms with Gasteiger partial charge in [-0.25, -0.2) is 9.07 Å². The van der Waals surface area contributed by atoms with Crippen molar-refractivity contribution in [2.45, 2.75) is 6.92 Å². The van der Waals surface area contributed by atoms with E-state index in [4.69, 9.17) is 21.1 Å². The lowest BCUT2D eigenvalue weighted by Gasteiger charge is -2.19. The van der Waals surface area contributed by atoms with Crippen molar-refractivity contribution in [1.29, 1.82) is 0 Å². The molecule has 0 aliphatic carbocycles. The van der Waals surface area contributed by atoms with Crippen LogP contribution in [0.5, 0.6) is 11.5 Å². The van der Waals surface area contributed by atoms with Crippen LogP contribution in [0.15, 0.2) is 42.5 Å². The number of anilines is 1. The summed E-state index contributed by atoms with van der Waals surface area (Å²) in [6, 6.07) is 10.9. The van der Waals surface area contributed by atoms with Gasteiger partial charge in [0.25, 0.3) is 5.91 Å². The van der Waals surface area contributed by atoms with E-state index in [0.29, 0.717) is 28.6 Å². The van der Waals surface area contributed by atoms with Crippen LogP contribution in [0.4, 0.5) is 10.1 Å². The number of carbonyl (C=O) groups is 1. The number of nitrogens with zero attached hydrogens (tertiary/aromatic N) is 3. The lowest BCUT2D eigenvalue weighted by Crippen LogP contribution is -2.26. The minimum atomic E-state index is -0.367. The van der Waals surface area contributed by atoms with Crippen molar-refractivity contribution < 1.29 is 18.7 Å². The van der Waals surface area contributed by atoms with E-state index >= 15 is 0 Å². The first-order chi connectivity index (χ1) is 13.4. The van der Waals surface area contributed by atoms with E-state index in [2.05, 4.69) is 5.10 Å². The number of benzene rings is 2. The van der Waals surface area contributed by atoms with Crippen LogP contribution in [0.2, 0.25) is 5.15 Å². The van der Waals surface area contributed by atoms with Crippen LogP contribution >= 0.6 is 11.6 Å². The highest BCUT2D eigenvalue weighted by Crippen LogP contribution is 2.32. The zero-order valence-electron chi connectivity index (χ0n) is 15.9. The molecule has 3 aromatic rings. The normalized spacial score (nSPS) is 10.6. The molecule has 0 aliphatic rings. The molecule has 0 atom stereocenters. The molecule has 1 amide bonds. The van der Waals surface area contributed by atoms with Gasteiger partial charge in [-0.2, -0.15) is 5.10 Å². The topological polar surface area (TPSA) is 56.6 Å². The van der Waals surface area contributed by atoms with Crippen LogP contribution < -0.4 is 14.4 Å². The average molecular weight is 404 g/mol. The number of ether oxygens (including phenoxy) is 2. The van der Waals surface area contributed by atoms with Crippen molar-refractivity contribution in [3.8, 4) is 17.2 Å². The molecule has 0 unspecified atom stereocenters. The second-order valence-corrected chi connectivity index (χ2v) is 6.40. The predicted octanol–water partition coefficient (Wildman–Crippen LogP) is 4.27. The lowest BCUT2D eigenvalue weighted by atomic mass is 10.2. The average Bonchev–Trinajstić information content (AvgIpc) is 3.00. The number of aromatic nitrogens is 2. The first kappa shape index (κ1) is 19.7. The highest BCUT2D eigenvalue weighted by molar-refractivity contribution is 6.34. The summed E-state index contributed by atoms with van der Waals surface area (Å²) in [5, 5.41) is 4.49. The van der Waals surface area contributed by atoms with Crippen LogP contribution in [0, 0.1) is 12.7 Å². The van der Waals surface area contributed by atoms with Gasteiger partial charge in [-0.05, 0) is 43.3 Å². The molecule has 3 rings (SSSR count). The van der Waals surface area contributed by atoms with E-state index in [1.165, 1.54) is 28.8 Å². The largest absolute Gasteiger partial charge is 0.493 e. The molecular weight excluding hydrogens is 385 g/mol. The standard InChI is InChI=1S/C20H19ClFN3O3/c1-12-18(19(21)25(23-12)14-7-5-13(22)6-8-14)20(26)24(2)15-9-10-16(27-3)17(11-15)28-4/h5-11H,1-4H3. The first-order valence-corrected chi connectivity index (χ1v) is 8.76. The summed E-state index contributed by atoms with van der Waals surface area (Å²) in [5.41, 5.74) is 1.89. The third-order valence-corrected chi connectivity index (χ3v) is 4.70. The number of aryl methyl sites for hydroxylation is 1. The maximum atomic E-state index is 13.2. The maximum Gasteiger partial charge on any atom is 0.263 e. The van der Waals surface area contributed by atoms with Gasteiger partial charge in [0.2, 0.25) is 0 Å². The molecular formula is C20H19ClFN3O3. The van der Waals surface area contributed by atoms with E-state index < -0.39 is 0 Å². The number of methoxy groups -OCH3 is 2. The van der Waals surface area contributed by atoms with E-state index in [-0.39, 0.29) is 22.4 Å². The van der Waals surface area contributed by atoms with Crippen LogP contribution in [0.3, 0.4) is 0 Å². The summed E-state index contributed by atoms with van der Waals surface area (Å²) in [7, 11) is 4.70. The van der Waals surface area contributed by atoms with Gasteiger partial charge in [-0.3, -0.25) is 4.79 Å². The molecule has 28 heavy (non-hydrogen) atoms. The van der Waals surface area contributed by atoms with Gasteiger partial charge < -0.3 is 14.4 Å². The Labute approximate surface area is 167 Å². The number of hydrogen-bond donors (Lipinski definition) is 0. The van der Waals surface area contributed by atoms with Gasteiger partial charge >= 0.3 is 0 Å². The number of carbonyl (C=O) groups excluding carboxylic acids is 1. The number of halogens is 2. The zero-order valence-corrected chi connectivity index (χ0v) is 16.6. The Morgan fingerprint density at radius 1 is 1.11 bits per heavy atom. The summed E-state index contributed by atoms with van der Waals surface area (Å²) in [4.78, 5) is 14.5. The molecule has 0 fully saturated rings. The van der Waals surface area contributed by atoms with Crippen LogP contribution in [-0.4, -0.2) is 37.0 Å². The third kappa shape index (κ3) is 3.53. The molecule has 8 heteroatoms. The Morgan fingerprint density at radius 3 is 2.36 bits per heavy atom. The molecule has 0 radical (unpaired) electrons. The van der Waals surface area contributed by atoms with Gasteiger partial charge in [0.05, 0.1) is 25.6 Å². The maximum absolute atomic E-state index is 13.2. The molecule has 0 saturated heterocycles. The highest BCUT2D eigenvalue weighted by atomic mass is 35.5. The minimum absolute atomic E-state index is 0.154. The van der Waals surface area contributed by atoms with Gasteiger partial charge in [-0.1, -0.05) is 11.6 Å². The molecule has 1 aromatic heterocycles. The van der Waals surface area contributed by atoms with E-state index in [1.54, 1.807) is 51.4 Å². The van der Waals surface area contributed by atoms with Gasteiger partial charge in [-0.15, -0.1) is 0 Å². The quantitative estimate of drug-likeness (QED) is 0.638. The fraction of sp³-hybridized carbons (Fsp3) is 0.200. The van der Waals surface area contributed by atoms with Gasteiger partial charge in [0.15, 0.2) is 11.5 Å². The number of amides is 1. The summed E-state index contributed by atoms with van der Waals surface area (Å²) < 4.78 is 25.1. The molecule has 146 valence electrons. The molecule has 0 spiro atoms.